The van der Waals surface area contributed by atoms with Crippen LogP contribution < -0.4 is 11.1 Å². The molecule has 0 amide bonds. The van der Waals surface area contributed by atoms with E-state index in [2.05, 4.69) is 49.5 Å². The highest BCUT2D eigenvalue weighted by Gasteiger charge is 2.31. The second-order valence-corrected chi connectivity index (χ2v) is 9.36. The monoisotopic (exact) mass is 356 g/mol. The van der Waals surface area contributed by atoms with Gasteiger partial charge in [-0.15, -0.1) is 0 Å². The van der Waals surface area contributed by atoms with Gasteiger partial charge in [0.25, 0.3) is 0 Å². The molecular formula is C24H40N2. The number of nitrogens with one attached hydrogen (secondary N) is 1. The topological polar surface area (TPSA) is 38.0 Å². The van der Waals surface area contributed by atoms with E-state index >= 15 is 0 Å². The third-order valence-electron chi connectivity index (χ3n) is 7.18. The van der Waals surface area contributed by atoms with Gasteiger partial charge in [0.05, 0.1) is 0 Å². The van der Waals surface area contributed by atoms with Crippen LogP contribution in [0.4, 0.5) is 0 Å². The first-order valence-electron chi connectivity index (χ1n) is 11.1. The summed E-state index contributed by atoms with van der Waals surface area (Å²) >= 11 is 0. The van der Waals surface area contributed by atoms with Crippen LogP contribution in [-0.4, -0.2) is 18.6 Å². The van der Waals surface area contributed by atoms with E-state index in [1.54, 1.807) is 0 Å². The lowest BCUT2D eigenvalue weighted by atomic mass is 9.71. The zero-order valence-corrected chi connectivity index (χ0v) is 17.0. The highest BCUT2D eigenvalue weighted by Crippen LogP contribution is 2.38. The Bertz CT molecular complexity index is 514. The Kier molecular flexibility index (Phi) is 7.57. The fourth-order valence-electron chi connectivity index (χ4n) is 5.47. The number of rotatable bonds is 7. The Balaban J connectivity index is 1.33. The summed E-state index contributed by atoms with van der Waals surface area (Å²) in [7, 11) is 0. The van der Waals surface area contributed by atoms with Crippen molar-refractivity contribution in [2.75, 3.05) is 6.54 Å². The normalized spacial score (nSPS) is 35.3. The van der Waals surface area contributed by atoms with Crippen LogP contribution in [0, 0.1) is 23.7 Å². The zero-order valence-electron chi connectivity index (χ0n) is 17.0. The van der Waals surface area contributed by atoms with E-state index in [-0.39, 0.29) is 0 Å². The fraction of sp³-hybridized carbons (Fsp3) is 0.750. The van der Waals surface area contributed by atoms with E-state index in [0.717, 1.165) is 36.3 Å². The maximum Gasteiger partial charge on any atom is 0.00928 e. The van der Waals surface area contributed by atoms with Gasteiger partial charge >= 0.3 is 0 Å². The van der Waals surface area contributed by atoms with Crippen LogP contribution in [0.25, 0.3) is 0 Å². The van der Waals surface area contributed by atoms with Gasteiger partial charge in [-0.3, -0.25) is 0 Å². The molecule has 2 heteroatoms. The van der Waals surface area contributed by atoms with Crippen LogP contribution in [0.3, 0.4) is 0 Å². The minimum Gasteiger partial charge on any atom is -0.327 e. The summed E-state index contributed by atoms with van der Waals surface area (Å²) in [5.41, 5.74) is 7.67. The number of nitrogens with two attached hydrogens (primary N) is 1. The molecular weight excluding hydrogens is 316 g/mol. The van der Waals surface area contributed by atoms with Crippen LogP contribution in [0.1, 0.15) is 70.8 Å². The van der Waals surface area contributed by atoms with Gasteiger partial charge in [0, 0.05) is 12.1 Å². The fourth-order valence-corrected chi connectivity index (χ4v) is 5.47. The van der Waals surface area contributed by atoms with E-state index in [1.807, 2.05) is 0 Å². The molecule has 1 aromatic rings. The summed E-state index contributed by atoms with van der Waals surface area (Å²) in [5.74, 6) is 3.46. The summed E-state index contributed by atoms with van der Waals surface area (Å²) < 4.78 is 0. The molecule has 6 atom stereocenters. The lowest BCUT2D eigenvalue weighted by molar-refractivity contribution is 0.157. The summed E-state index contributed by atoms with van der Waals surface area (Å²) in [6, 6.07) is 12.1. The maximum absolute atomic E-state index is 6.20. The van der Waals surface area contributed by atoms with Crippen molar-refractivity contribution in [1.29, 1.82) is 0 Å². The Hall–Kier alpha value is -0.860. The van der Waals surface area contributed by atoms with Crippen molar-refractivity contribution < 1.29 is 0 Å². The predicted molar refractivity (Wildman–Crippen MR) is 112 cm³/mol. The molecule has 26 heavy (non-hydrogen) atoms. The summed E-state index contributed by atoms with van der Waals surface area (Å²) in [4.78, 5) is 0. The van der Waals surface area contributed by atoms with E-state index in [1.165, 1.54) is 63.4 Å². The van der Waals surface area contributed by atoms with Crippen LogP contribution in [0.5, 0.6) is 0 Å². The van der Waals surface area contributed by atoms with Crippen molar-refractivity contribution in [1.82, 2.24) is 5.32 Å². The smallest absolute Gasteiger partial charge is 0.00928 e. The Morgan fingerprint density at radius 3 is 2.31 bits per heavy atom. The first kappa shape index (κ1) is 19.9. The van der Waals surface area contributed by atoms with Crippen molar-refractivity contribution in [2.24, 2.45) is 29.4 Å². The van der Waals surface area contributed by atoms with Crippen molar-refractivity contribution in [3.05, 3.63) is 35.9 Å². The first-order chi connectivity index (χ1) is 12.6. The highest BCUT2D eigenvalue weighted by molar-refractivity contribution is 5.14. The van der Waals surface area contributed by atoms with Crippen molar-refractivity contribution in [2.45, 2.75) is 83.7 Å². The molecule has 3 rings (SSSR count). The minimum atomic E-state index is 0.459. The molecule has 2 aliphatic carbocycles. The van der Waals surface area contributed by atoms with Gasteiger partial charge in [-0.05, 0) is 93.6 Å². The molecule has 1 aromatic carbocycles. The molecule has 146 valence electrons. The van der Waals surface area contributed by atoms with Crippen LogP contribution in [0.15, 0.2) is 30.3 Å². The van der Waals surface area contributed by atoms with Crippen molar-refractivity contribution in [3.63, 3.8) is 0 Å². The number of hydrogen-bond donors (Lipinski definition) is 2. The molecule has 6 unspecified atom stereocenters. The largest absolute Gasteiger partial charge is 0.327 e. The third-order valence-corrected chi connectivity index (χ3v) is 7.18. The van der Waals surface area contributed by atoms with E-state index in [9.17, 15) is 0 Å². The van der Waals surface area contributed by atoms with E-state index in [4.69, 9.17) is 5.73 Å². The Labute approximate surface area is 161 Å². The Morgan fingerprint density at radius 2 is 1.62 bits per heavy atom. The van der Waals surface area contributed by atoms with E-state index < -0.39 is 0 Å². The number of aryl methyl sites for hydroxylation is 1. The SMILES string of the molecule is CC1CC(CC2CCC(NCCCc3ccccc3)C(C)C2)CCC1N. The lowest BCUT2D eigenvalue weighted by Gasteiger charge is -2.38. The molecule has 0 aromatic heterocycles. The molecule has 2 aliphatic rings. The lowest BCUT2D eigenvalue weighted by Crippen LogP contribution is -2.40. The highest BCUT2D eigenvalue weighted by atomic mass is 14.9. The molecule has 3 N–H and O–H groups in total. The van der Waals surface area contributed by atoms with Gasteiger partial charge in [-0.1, -0.05) is 44.2 Å². The minimum absolute atomic E-state index is 0.459. The quantitative estimate of drug-likeness (QED) is 0.662. The molecule has 0 heterocycles. The molecule has 0 radical (unpaired) electrons. The molecule has 0 bridgehead atoms. The second-order valence-electron chi connectivity index (χ2n) is 9.36. The number of benzene rings is 1. The van der Waals surface area contributed by atoms with E-state index in [0.29, 0.717) is 6.04 Å². The molecule has 2 fully saturated rings. The van der Waals surface area contributed by atoms with Gasteiger partial charge in [0.2, 0.25) is 0 Å². The van der Waals surface area contributed by atoms with Crippen LogP contribution in [-0.2, 0) is 6.42 Å². The van der Waals surface area contributed by atoms with Crippen LogP contribution >= 0.6 is 0 Å². The molecule has 2 saturated carbocycles. The standard InChI is InChI=1S/C24H40N2/c1-18-15-21(10-12-23(18)25)17-22-11-13-24(19(2)16-22)26-14-6-9-20-7-4-3-5-8-20/h3-5,7-8,18-19,21-24,26H,6,9-17,25H2,1-2H3. The molecule has 0 spiro atoms. The van der Waals surface area contributed by atoms with Crippen molar-refractivity contribution in [3.8, 4) is 0 Å². The molecule has 0 aliphatic heterocycles. The maximum atomic E-state index is 6.20. The predicted octanol–water partition coefficient (Wildman–Crippen LogP) is 5.17. The summed E-state index contributed by atoms with van der Waals surface area (Å²) in [5, 5.41) is 3.86. The van der Waals surface area contributed by atoms with Gasteiger partial charge in [-0.2, -0.15) is 0 Å². The average Bonchev–Trinajstić information content (AvgIpc) is 2.64. The van der Waals surface area contributed by atoms with Gasteiger partial charge < -0.3 is 11.1 Å². The van der Waals surface area contributed by atoms with Crippen molar-refractivity contribution >= 4 is 0 Å². The molecule has 0 saturated heterocycles. The summed E-state index contributed by atoms with van der Waals surface area (Å²) in [6.07, 6.45) is 12.1. The van der Waals surface area contributed by atoms with Gasteiger partial charge in [-0.25, -0.2) is 0 Å². The Morgan fingerprint density at radius 1 is 0.923 bits per heavy atom. The number of hydrogen-bond acceptors (Lipinski definition) is 2. The third kappa shape index (κ3) is 5.82. The van der Waals surface area contributed by atoms with Gasteiger partial charge in [0.15, 0.2) is 0 Å². The molecule has 2 nitrogen and oxygen atoms in total. The van der Waals surface area contributed by atoms with Gasteiger partial charge in [0.1, 0.15) is 0 Å². The zero-order chi connectivity index (χ0) is 18.4. The average molecular weight is 357 g/mol. The first-order valence-corrected chi connectivity index (χ1v) is 11.1. The van der Waals surface area contributed by atoms with Crippen LogP contribution in [0.2, 0.25) is 0 Å². The summed E-state index contributed by atoms with van der Waals surface area (Å²) in [6.45, 7) is 5.99. The second kappa shape index (κ2) is 9.90.